The number of carbonyl (C=O) groups excluding carboxylic acids is 1. The average molecular weight is 355 g/mol. The molecule has 5 nitrogen and oxygen atoms in total. The van der Waals surface area contributed by atoms with Gasteiger partial charge in [0.2, 0.25) is 0 Å². The van der Waals surface area contributed by atoms with Crippen molar-refractivity contribution < 1.29 is 4.79 Å². The van der Waals surface area contributed by atoms with E-state index < -0.39 is 0 Å². The molecule has 2 aromatic heterocycles. The summed E-state index contributed by atoms with van der Waals surface area (Å²) in [6.07, 6.45) is 5.97. The zero-order chi connectivity index (χ0) is 17.4. The van der Waals surface area contributed by atoms with Gasteiger partial charge in [0, 0.05) is 23.0 Å². The summed E-state index contributed by atoms with van der Waals surface area (Å²) in [6, 6.07) is 7.43. The predicted octanol–water partition coefficient (Wildman–Crippen LogP) is 3.50. The lowest BCUT2D eigenvalue weighted by molar-refractivity contribution is 0.0952. The van der Waals surface area contributed by atoms with E-state index in [2.05, 4.69) is 17.3 Å². The Labute approximate surface area is 151 Å². The Balaban J connectivity index is 1.61. The molecule has 1 N–H and O–H groups in total. The minimum atomic E-state index is -0.160. The second kappa shape index (κ2) is 6.48. The maximum Gasteiger partial charge on any atom is 0.257 e. The van der Waals surface area contributed by atoms with Gasteiger partial charge in [0.25, 0.3) is 5.91 Å². The molecule has 3 aromatic rings. The fourth-order valence-electron chi connectivity index (χ4n) is 3.39. The van der Waals surface area contributed by atoms with E-state index in [4.69, 9.17) is 16.6 Å². The number of amides is 1. The largest absolute Gasteiger partial charge is 0.348 e. The number of carbonyl (C=O) groups is 1. The summed E-state index contributed by atoms with van der Waals surface area (Å²) in [5, 5.41) is 8.01. The molecule has 25 heavy (non-hydrogen) atoms. The van der Waals surface area contributed by atoms with Gasteiger partial charge in [-0.15, -0.1) is 0 Å². The predicted molar refractivity (Wildman–Crippen MR) is 97.0 cm³/mol. The van der Waals surface area contributed by atoms with Crippen molar-refractivity contribution in [2.75, 3.05) is 0 Å². The Bertz CT molecular complexity index is 946. The van der Waals surface area contributed by atoms with Gasteiger partial charge in [-0.05, 0) is 55.9 Å². The topological polar surface area (TPSA) is 59.3 Å². The summed E-state index contributed by atoms with van der Waals surface area (Å²) < 4.78 is 1.79. The van der Waals surface area contributed by atoms with E-state index in [0.717, 1.165) is 36.2 Å². The Morgan fingerprint density at radius 3 is 2.80 bits per heavy atom. The quantitative estimate of drug-likeness (QED) is 0.783. The van der Waals surface area contributed by atoms with E-state index in [9.17, 15) is 4.79 Å². The van der Waals surface area contributed by atoms with Gasteiger partial charge in [-0.2, -0.15) is 5.10 Å². The fourth-order valence-corrected chi connectivity index (χ4v) is 3.52. The van der Waals surface area contributed by atoms with Gasteiger partial charge in [-0.3, -0.25) is 4.79 Å². The lowest BCUT2D eigenvalue weighted by atomic mass is 9.95. The first-order chi connectivity index (χ1) is 12.1. The molecule has 0 bridgehead atoms. The average Bonchev–Trinajstić information content (AvgIpc) is 3.05. The van der Waals surface area contributed by atoms with Crippen molar-refractivity contribution in [3.63, 3.8) is 0 Å². The van der Waals surface area contributed by atoms with Gasteiger partial charge in [-0.1, -0.05) is 23.7 Å². The molecule has 0 atom stereocenters. The molecule has 0 saturated carbocycles. The highest BCUT2D eigenvalue weighted by Gasteiger charge is 2.20. The Hall–Kier alpha value is -2.40. The molecule has 6 heteroatoms. The zero-order valence-corrected chi connectivity index (χ0v) is 14.8. The Kier molecular flexibility index (Phi) is 4.17. The number of nitrogens with zero attached hydrogens (tertiary/aromatic N) is 3. The first-order valence-electron chi connectivity index (χ1n) is 8.52. The number of aromatic nitrogens is 3. The van der Waals surface area contributed by atoms with Gasteiger partial charge in [0.05, 0.1) is 6.20 Å². The van der Waals surface area contributed by atoms with Crippen LogP contribution in [-0.2, 0) is 19.4 Å². The summed E-state index contributed by atoms with van der Waals surface area (Å²) >= 11 is 5.89. The van der Waals surface area contributed by atoms with Gasteiger partial charge in [0.1, 0.15) is 5.56 Å². The number of nitrogens with one attached hydrogen (secondary N) is 1. The molecule has 128 valence electrons. The number of hydrogen-bond donors (Lipinski definition) is 1. The first kappa shape index (κ1) is 16.1. The van der Waals surface area contributed by atoms with Crippen LogP contribution in [0.2, 0.25) is 5.02 Å². The van der Waals surface area contributed by atoms with Crippen molar-refractivity contribution in [3.05, 3.63) is 63.6 Å². The van der Waals surface area contributed by atoms with Crippen molar-refractivity contribution in [2.45, 2.75) is 39.2 Å². The number of hydrogen-bond acceptors (Lipinski definition) is 3. The molecule has 0 saturated heterocycles. The molecule has 0 fully saturated rings. The van der Waals surface area contributed by atoms with Crippen LogP contribution in [0.25, 0.3) is 5.65 Å². The number of rotatable bonds is 3. The van der Waals surface area contributed by atoms with Crippen LogP contribution in [0.15, 0.2) is 30.5 Å². The molecular weight excluding hydrogens is 336 g/mol. The molecule has 1 aliphatic carbocycles. The van der Waals surface area contributed by atoms with E-state index >= 15 is 0 Å². The normalized spacial score (nSPS) is 13.7. The standard InChI is InChI=1S/C19H19ClN4O/c1-12-15-4-2-3-5-17(15)23-18-16(11-22-24(12)18)19(25)21-10-13-6-8-14(20)9-7-13/h6-9,11H,2-5,10H2,1H3,(H,21,25). The molecule has 1 aromatic carbocycles. The molecule has 0 unspecified atom stereocenters. The van der Waals surface area contributed by atoms with E-state index in [0.29, 0.717) is 22.8 Å². The van der Waals surface area contributed by atoms with E-state index in [1.807, 2.05) is 24.3 Å². The van der Waals surface area contributed by atoms with Crippen LogP contribution >= 0.6 is 11.6 Å². The maximum absolute atomic E-state index is 12.6. The van der Waals surface area contributed by atoms with Gasteiger partial charge < -0.3 is 5.32 Å². The van der Waals surface area contributed by atoms with Crippen LogP contribution in [-0.4, -0.2) is 20.5 Å². The van der Waals surface area contributed by atoms with Gasteiger partial charge in [0.15, 0.2) is 5.65 Å². The van der Waals surface area contributed by atoms with Crippen LogP contribution in [0, 0.1) is 6.92 Å². The molecule has 2 heterocycles. The van der Waals surface area contributed by atoms with Crippen molar-refractivity contribution in [1.29, 1.82) is 0 Å². The number of fused-ring (bicyclic) bond motifs is 2. The van der Waals surface area contributed by atoms with Gasteiger partial charge in [-0.25, -0.2) is 9.50 Å². The zero-order valence-electron chi connectivity index (χ0n) is 14.1. The summed E-state index contributed by atoms with van der Waals surface area (Å²) in [5.41, 5.74) is 5.66. The lowest BCUT2D eigenvalue weighted by Gasteiger charge is -2.17. The van der Waals surface area contributed by atoms with Gasteiger partial charge >= 0.3 is 0 Å². The second-order valence-corrected chi connectivity index (χ2v) is 6.87. The molecule has 0 radical (unpaired) electrons. The smallest absolute Gasteiger partial charge is 0.257 e. The molecule has 0 spiro atoms. The highest BCUT2D eigenvalue weighted by Crippen LogP contribution is 2.24. The maximum atomic E-state index is 12.6. The summed E-state index contributed by atoms with van der Waals surface area (Å²) in [4.78, 5) is 17.4. The third-order valence-corrected chi connectivity index (χ3v) is 5.04. The molecule has 0 aliphatic heterocycles. The molecule has 1 aliphatic rings. The molecule has 4 rings (SSSR count). The van der Waals surface area contributed by atoms with Crippen molar-refractivity contribution >= 4 is 23.2 Å². The SMILES string of the molecule is Cc1c2c(nc3c(C(=O)NCc4ccc(Cl)cc4)cnn13)CCCC2. The highest BCUT2D eigenvalue weighted by molar-refractivity contribution is 6.30. The highest BCUT2D eigenvalue weighted by atomic mass is 35.5. The Morgan fingerprint density at radius 1 is 1.24 bits per heavy atom. The van der Waals surface area contributed by atoms with E-state index in [-0.39, 0.29) is 5.91 Å². The van der Waals surface area contributed by atoms with E-state index in [1.54, 1.807) is 10.7 Å². The third kappa shape index (κ3) is 3.00. The van der Waals surface area contributed by atoms with Crippen molar-refractivity contribution in [3.8, 4) is 0 Å². The van der Waals surface area contributed by atoms with Crippen LogP contribution in [0.5, 0.6) is 0 Å². The molecule has 1 amide bonds. The number of aryl methyl sites for hydroxylation is 2. The number of benzene rings is 1. The van der Waals surface area contributed by atoms with Crippen LogP contribution in [0.3, 0.4) is 0 Å². The lowest BCUT2D eigenvalue weighted by Crippen LogP contribution is -2.23. The number of halogens is 1. The fraction of sp³-hybridized carbons (Fsp3) is 0.316. The van der Waals surface area contributed by atoms with Crippen molar-refractivity contribution in [2.24, 2.45) is 0 Å². The summed E-state index contributed by atoms with van der Waals surface area (Å²) in [6.45, 7) is 2.50. The summed E-state index contributed by atoms with van der Waals surface area (Å²) in [7, 11) is 0. The summed E-state index contributed by atoms with van der Waals surface area (Å²) in [5.74, 6) is -0.160. The van der Waals surface area contributed by atoms with Crippen LogP contribution < -0.4 is 5.32 Å². The minimum Gasteiger partial charge on any atom is -0.348 e. The van der Waals surface area contributed by atoms with E-state index in [1.165, 1.54) is 12.0 Å². The van der Waals surface area contributed by atoms with Crippen molar-refractivity contribution in [1.82, 2.24) is 19.9 Å². The first-order valence-corrected chi connectivity index (χ1v) is 8.90. The molecular formula is C19H19ClN4O. The van der Waals surface area contributed by atoms with Crippen LogP contribution in [0.1, 0.15) is 45.7 Å². The Morgan fingerprint density at radius 2 is 2.00 bits per heavy atom. The monoisotopic (exact) mass is 354 g/mol. The second-order valence-electron chi connectivity index (χ2n) is 6.43. The third-order valence-electron chi connectivity index (χ3n) is 4.79. The van der Waals surface area contributed by atoms with Crippen LogP contribution in [0.4, 0.5) is 0 Å². The minimum absolute atomic E-state index is 0.160.